The number of aromatic nitrogens is 2. The molecule has 0 aliphatic rings. The second-order valence-corrected chi connectivity index (χ2v) is 8.85. The number of hydrogen-bond donors (Lipinski definition) is 1. The van der Waals surface area contributed by atoms with Gasteiger partial charge in [0.2, 0.25) is 0 Å². The van der Waals surface area contributed by atoms with Crippen molar-refractivity contribution in [3.63, 3.8) is 0 Å². The molecule has 0 aliphatic carbocycles. The number of nitrogens with two attached hydrogens (primary N) is 1. The number of para-hydroxylation sites is 3. The zero-order valence-corrected chi connectivity index (χ0v) is 18.2. The third-order valence-electron chi connectivity index (χ3n) is 7.12. The second-order valence-electron chi connectivity index (χ2n) is 8.85. The molecule has 4 nitrogen and oxygen atoms in total. The van der Waals surface area contributed by atoms with Crippen LogP contribution in [0.3, 0.4) is 0 Å². The maximum Gasteiger partial charge on any atom is 0.145 e. The first-order valence-electron chi connectivity index (χ1n) is 11.4. The first-order chi connectivity index (χ1) is 16.8. The van der Waals surface area contributed by atoms with Gasteiger partial charge < -0.3 is 14.8 Å². The van der Waals surface area contributed by atoms with Crippen molar-refractivity contribution in [1.82, 2.24) is 9.24 Å². The van der Waals surface area contributed by atoms with E-state index < -0.39 is 0 Å². The smallest absolute Gasteiger partial charge is 0.145 e. The molecule has 0 amide bonds. The highest BCUT2D eigenvalue weighted by atomic mass is 16.3. The summed E-state index contributed by atoms with van der Waals surface area (Å²) < 4.78 is 10.7. The summed E-state index contributed by atoms with van der Waals surface area (Å²) in [5.74, 6) is 6.65. The molecule has 0 saturated carbocycles. The topological polar surface area (TPSA) is 49.0 Å². The first kappa shape index (κ1) is 17.8. The van der Waals surface area contributed by atoms with Crippen LogP contribution in [0.4, 0.5) is 0 Å². The Balaban J connectivity index is 1.61. The van der Waals surface area contributed by atoms with E-state index in [1.54, 1.807) is 4.68 Å². The lowest BCUT2D eigenvalue weighted by molar-refractivity contribution is 0.673. The Hall–Kier alpha value is -4.70. The summed E-state index contributed by atoms with van der Waals surface area (Å²) in [5.41, 5.74) is 7.19. The second kappa shape index (κ2) is 6.21. The monoisotopic (exact) mass is 437 g/mol. The molecule has 0 bridgehead atoms. The molecule has 0 aliphatic heterocycles. The van der Waals surface area contributed by atoms with E-state index >= 15 is 0 Å². The van der Waals surface area contributed by atoms with Crippen LogP contribution in [0.15, 0.2) is 108 Å². The highest BCUT2D eigenvalue weighted by Gasteiger charge is 2.21. The van der Waals surface area contributed by atoms with Gasteiger partial charge in [0.05, 0.1) is 32.8 Å². The molecule has 160 valence electrons. The van der Waals surface area contributed by atoms with Gasteiger partial charge in [0.15, 0.2) is 0 Å². The fraction of sp³-hybridized carbons (Fsp3) is 0. The lowest BCUT2D eigenvalue weighted by Gasteiger charge is -2.07. The van der Waals surface area contributed by atoms with Gasteiger partial charge in [0.25, 0.3) is 0 Å². The predicted molar refractivity (Wildman–Crippen MR) is 141 cm³/mol. The number of nitrogens with zero attached hydrogens (tertiary/aromatic N) is 2. The Kier molecular flexibility index (Phi) is 3.25. The molecule has 5 aromatic carbocycles. The van der Waals surface area contributed by atoms with Crippen LogP contribution in [-0.4, -0.2) is 9.24 Å². The maximum absolute atomic E-state index is 6.65. The number of fused-ring (bicyclic) bond motifs is 11. The third kappa shape index (κ3) is 2.08. The fourth-order valence-electron chi connectivity index (χ4n) is 5.71. The number of rotatable bonds is 1. The van der Waals surface area contributed by atoms with Crippen LogP contribution < -0.4 is 5.84 Å². The molecule has 0 atom stereocenters. The fourth-order valence-corrected chi connectivity index (χ4v) is 5.71. The zero-order chi connectivity index (χ0) is 22.4. The molecule has 0 unspecified atom stereocenters. The lowest BCUT2D eigenvalue weighted by atomic mass is 10.1. The Labute approximate surface area is 194 Å². The Morgan fingerprint density at radius 3 is 2.09 bits per heavy atom. The summed E-state index contributed by atoms with van der Waals surface area (Å²) in [6.45, 7) is 0. The van der Waals surface area contributed by atoms with Gasteiger partial charge >= 0.3 is 0 Å². The maximum atomic E-state index is 6.65. The van der Waals surface area contributed by atoms with Crippen molar-refractivity contribution in [3.05, 3.63) is 103 Å². The van der Waals surface area contributed by atoms with Crippen LogP contribution in [0.2, 0.25) is 0 Å². The van der Waals surface area contributed by atoms with Crippen LogP contribution >= 0.6 is 0 Å². The minimum atomic E-state index is 0.848. The SMILES string of the molecule is Nn1c2ccccc2c2ccc3oc4c(ccc5c4c4ccccc4n5-c4ccccc4)c3c21. The van der Waals surface area contributed by atoms with Crippen molar-refractivity contribution < 1.29 is 4.42 Å². The summed E-state index contributed by atoms with van der Waals surface area (Å²) in [7, 11) is 0. The molecule has 2 N–H and O–H groups in total. The average Bonchev–Trinajstić information content (AvgIpc) is 3.52. The summed E-state index contributed by atoms with van der Waals surface area (Å²) in [6, 6.07) is 35.9. The van der Waals surface area contributed by atoms with E-state index in [1.807, 2.05) is 12.1 Å². The van der Waals surface area contributed by atoms with Crippen molar-refractivity contribution >= 4 is 65.6 Å². The minimum absolute atomic E-state index is 0.848. The minimum Gasteiger partial charge on any atom is -0.455 e. The molecular formula is C30H19N3O. The van der Waals surface area contributed by atoms with Gasteiger partial charge in [-0.1, -0.05) is 54.6 Å². The number of hydrogen-bond acceptors (Lipinski definition) is 2. The number of nitrogen functional groups attached to an aromatic ring is 1. The highest BCUT2D eigenvalue weighted by molar-refractivity contribution is 6.29. The van der Waals surface area contributed by atoms with Gasteiger partial charge in [-0.15, -0.1) is 0 Å². The van der Waals surface area contributed by atoms with Crippen molar-refractivity contribution in [2.45, 2.75) is 0 Å². The molecule has 4 heteroatoms. The van der Waals surface area contributed by atoms with Crippen LogP contribution in [0.1, 0.15) is 0 Å². The molecular weight excluding hydrogens is 418 g/mol. The molecule has 8 aromatic rings. The number of furan rings is 1. The van der Waals surface area contributed by atoms with E-state index in [4.69, 9.17) is 10.3 Å². The van der Waals surface area contributed by atoms with Crippen LogP contribution in [0, 0.1) is 0 Å². The number of benzene rings is 5. The summed E-state index contributed by atoms with van der Waals surface area (Å²) in [4.78, 5) is 0. The molecule has 34 heavy (non-hydrogen) atoms. The largest absolute Gasteiger partial charge is 0.455 e. The zero-order valence-electron chi connectivity index (χ0n) is 18.2. The molecule has 3 aromatic heterocycles. The van der Waals surface area contributed by atoms with Crippen LogP contribution in [0.25, 0.3) is 71.2 Å². The summed E-state index contributed by atoms with van der Waals surface area (Å²) >= 11 is 0. The molecule has 0 saturated heterocycles. The van der Waals surface area contributed by atoms with Crippen molar-refractivity contribution in [1.29, 1.82) is 0 Å². The van der Waals surface area contributed by atoms with Crippen molar-refractivity contribution in [2.24, 2.45) is 0 Å². The first-order valence-corrected chi connectivity index (χ1v) is 11.4. The molecule has 0 spiro atoms. The van der Waals surface area contributed by atoms with Crippen LogP contribution in [-0.2, 0) is 0 Å². The van der Waals surface area contributed by atoms with E-state index in [0.29, 0.717) is 0 Å². The van der Waals surface area contributed by atoms with E-state index in [-0.39, 0.29) is 0 Å². The quantitative estimate of drug-likeness (QED) is 0.270. The van der Waals surface area contributed by atoms with E-state index in [2.05, 4.69) is 95.6 Å². The van der Waals surface area contributed by atoms with Gasteiger partial charge in [0, 0.05) is 27.2 Å². The van der Waals surface area contributed by atoms with E-state index in [1.165, 1.54) is 5.39 Å². The Morgan fingerprint density at radius 2 is 1.24 bits per heavy atom. The normalized spacial score (nSPS) is 12.2. The van der Waals surface area contributed by atoms with Crippen molar-refractivity contribution in [2.75, 3.05) is 5.84 Å². The van der Waals surface area contributed by atoms with Gasteiger partial charge in [-0.2, -0.15) is 0 Å². The Bertz CT molecular complexity index is 2070. The van der Waals surface area contributed by atoms with Gasteiger partial charge in [-0.3, -0.25) is 4.68 Å². The predicted octanol–water partition coefficient (Wildman–Crippen LogP) is 7.50. The molecule has 3 heterocycles. The molecule has 0 radical (unpaired) electrons. The average molecular weight is 438 g/mol. The standard InChI is InChI=1S/C30H19N3O/c31-33-24-13-7-4-10-19(24)20-15-17-26-28(29(20)33)22-14-16-25-27(30(22)34-26)21-11-5-6-12-23(21)32(25)18-8-2-1-3-9-18/h1-17H,31H2. The van der Waals surface area contributed by atoms with E-state index in [0.717, 1.165) is 65.9 Å². The van der Waals surface area contributed by atoms with Gasteiger partial charge in [0.1, 0.15) is 11.2 Å². The third-order valence-corrected chi connectivity index (χ3v) is 7.12. The molecule has 0 fully saturated rings. The van der Waals surface area contributed by atoms with E-state index in [9.17, 15) is 0 Å². The lowest BCUT2D eigenvalue weighted by Crippen LogP contribution is -2.06. The van der Waals surface area contributed by atoms with Gasteiger partial charge in [-0.05, 0) is 48.5 Å². The Morgan fingerprint density at radius 1 is 0.529 bits per heavy atom. The van der Waals surface area contributed by atoms with Crippen molar-refractivity contribution in [3.8, 4) is 5.69 Å². The highest BCUT2D eigenvalue weighted by Crippen LogP contribution is 2.43. The summed E-state index contributed by atoms with van der Waals surface area (Å²) in [5, 5.41) is 6.73. The van der Waals surface area contributed by atoms with Gasteiger partial charge in [-0.25, -0.2) is 0 Å². The summed E-state index contributed by atoms with van der Waals surface area (Å²) in [6.07, 6.45) is 0. The van der Waals surface area contributed by atoms with Crippen LogP contribution in [0.5, 0.6) is 0 Å². The molecule has 8 rings (SSSR count).